The van der Waals surface area contributed by atoms with E-state index >= 15 is 0 Å². The number of amides is 1. The van der Waals surface area contributed by atoms with E-state index in [9.17, 15) is 4.79 Å². The minimum absolute atomic E-state index is 0.0683. The smallest absolute Gasteiger partial charge is 0.234 e. The van der Waals surface area contributed by atoms with Crippen LogP contribution < -0.4 is 10.1 Å². The van der Waals surface area contributed by atoms with Gasteiger partial charge in [0.2, 0.25) is 5.91 Å². The zero-order valence-corrected chi connectivity index (χ0v) is 18.9. The first-order valence-corrected chi connectivity index (χ1v) is 10.9. The topological polar surface area (TPSA) is 69.0 Å². The van der Waals surface area contributed by atoms with Crippen LogP contribution in [0.3, 0.4) is 0 Å². The SMILES string of the molecule is Cc1cc(C)cc(NC(=O)CSc2nnc(-c3ccc(OCC(C)C)cc3)n2C)c1. The molecule has 0 saturated carbocycles. The number of nitrogens with one attached hydrogen (secondary N) is 1. The molecule has 2 aromatic carbocycles. The van der Waals surface area contributed by atoms with Gasteiger partial charge < -0.3 is 14.6 Å². The number of hydrogen-bond donors (Lipinski definition) is 1. The van der Waals surface area contributed by atoms with Crippen molar-refractivity contribution in [2.75, 3.05) is 17.7 Å². The van der Waals surface area contributed by atoms with Gasteiger partial charge in [0.05, 0.1) is 12.4 Å². The molecule has 7 heteroatoms. The highest BCUT2D eigenvalue weighted by molar-refractivity contribution is 7.99. The number of benzene rings is 2. The molecule has 158 valence electrons. The maximum Gasteiger partial charge on any atom is 0.234 e. The van der Waals surface area contributed by atoms with E-state index < -0.39 is 0 Å². The Morgan fingerprint density at radius 1 is 1.10 bits per heavy atom. The monoisotopic (exact) mass is 424 g/mol. The highest BCUT2D eigenvalue weighted by Gasteiger charge is 2.13. The minimum Gasteiger partial charge on any atom is -0.493 e. The largest absolute Gasteiger partial charge is 0.493 e. The third kappa shape index (κ3) is 5.86. The fourth-order valence-electron chi connectivity index (χ4n) is 3.03. The van der Waals surface area contributed by atoms with Crippen molar-refractivity contribution in [3.8, 4) is 17.1 Å². The summed E-state index contributed by atoms with van der Waals surface area (Å²) in [5, 5.41) is 12.2. The molecule has 0 bridgehead atoms. The summed E-state index contributed by atoms with van der Waals surface area (Å²) in [6, 6.07) is 13.8. The number of carbonyl (C=O) groups is 1. The zero-order chi connectivity index (χ0) is 21.7. The number of carbonyl (C=O) groups excluding carboxylic acids is 1. The number of aromatic nitrogens is 3. The fourth-order valence-corrected chi connectivity index (χ4v) is 3.74. The van der Waals surface area contributed by atoms with Crippen LogP contribution in [0.4, 0.5) is 5.69 Å². The lowest BCUT2D eigenvalue weighted by molar-refractivity contribution is -0.113. The number of ether oxygens (including phenoxy) is 1. The number of nitrogens with zero attached hydrogens (tertiary/aromatic N) is 3. The van der Waals surface area contributed by atoms with Crippen LogP contribution in [-0.2, 0) is 11.8 Å². The third-order valence-electron chi connectivity index (χ3n) is 4.37. The Bertz CT molecular complexity index is 992. The highest BCUT2D eigenvalue weighted by atomic mass is 32.2. The van der Waals surface area contributed by atoms with Gasteiger partial charge in [0.15, 0.2) is 11.0 Å². The Labute approximate surface area is 182 Å². The lowest BCUT2D eigenvalue weighted by atomic mass is 10.1. The first-order valence-electron chi connectivity index (χ1n) is 9.95. The molecular formula is C23H28N4O2S. The van der Waals surface area contributed by atoms with Crippen LogP contribution in [0.1, 0.15) is 25.0 Å². The quantitative estimate of drug-likeness (QED) is 0.523. The van der Waals surface area contributed by atoms with Crippen LogP contribution in [0.2, 0.25) is 0 Å². The third-order valence-corrected chi connectivity index (χ3v) is 5.39. The molecule has 6 nitrogen and oxygen atoms in total. The van der Waals surface area contributed by atoms with Crippen molar-refractivity contribution in [3.05, 3.63) is 53.6 Å². The molecule has 0 atom stereocenters. The average molecular weight is 425 g/mol. The van der Waals surface area contributed by atoms with Gasteiger partial charge in [-0.25, -0.2) is 0 Å². The summed E-state index contributed by atoms with van der Waals surface area (Å²) in [4.78, 5) is 12.3. The predicted octanol–water partition coefficient (Wildman–Crippen LogP) is 4.86. The second kappa shape index (κ2) is 9.80. The number of anilines is 1. The molecule has 0 spiro atoms. The van der Waals surface area contributed by atoms with Gasteiger partial charge in [0.1, 0.15) is 5.75 Å². The lowest BCUT2D eigenvalue weighted by Crippen LogP contribution is -2.14. The van der Waals surface area contributed by atoms with E-state index in [0.29, 0.717) is 17.7 Å². The fraction of sp³-hybridized carbons (Fsp3) is 0.348. The van der Waals surface area contributed by atoms with Crippen molar-refractivity contribution in [1.82, 2.24) is 14.8 Å². The zero-order valence-electron chi connectivity index (χ0n) is 18.1. The average Bonchev–Trinajstić information content (AvgIpc) is 3.05. The van der Waals surface area contributed by atoms with Gasteiger partial charge >= 0.3 is 0 Å². The number of hydrogen-bond acceptors (Lipinski definition) is 5. The molecule has 0 saturated heterocycles. The first-order chi connectivity index (χ1) is 14.3. The molecule has 0 radical (unpaired) electrons. The van der Waals surface area contributed by atoms with E-state index in [0.717, 1.165) is 34.0 Å². The maximum absolute atomic E-state index is 12.3. The van der Waals surface area contributed by atoms with Crippen molar-refractivity contribution in [1.29, 1.82) is 0 Å². The van der Waals surface area contributed by atoms with Gasteiger partial charge in [-0.05, 0) is 67.3 Å². The molecule has 1 heterocycles. The molecule has 1 amide bonds. The predicted molar refractivity (Wildman–Crippen MR) is 122 cm³/mol. The molecule has 0 aliphatic rings. The summed E-state index contributed by atoms with van der Waals surface area (Å²) in [7, 11) is 1.91. The lowest BCUT2D eigenvalue weighted by Gasteiger charge is -2.09. The Morgan fingerprint density at radius 2 is 1.77 bits per heavy atom. The van der Waals surface area contributed by atoms with Crippen LogP contribution in [-0.4, -0.2) is 33.0 Å². The standard InChI is InChI=1S/C23H28N4O2S/c1-15(2)13-29-20-8-6-18(7-9-20)22-25-26-23(27(22)5)30-14-21(28)24-19-11-16(3)10-17(4)12-19/h6-12,15H,13-14H2,1-5H3,(H,24,28). The van der Waals surface area contributed by atoms with E-state index in [-0.39, 0.29) is 11.7 Å². The van der Waals surface area contributed by atoms with Crippen molar-refractivity contribution in [2.45, 2.75) is 32.9 Å². The van der Waals surface area contributed by atoms with Crippen molar-refractivity contribution < 1.29 is 9.53 Å². The summed E-state index contributed by atoms with van der Waals surface area (Å²) >= 11 is 1.37. The minimum atomic E-state index is -0.0683. The van der Waals surface area contributed by atoms with Gasteiger partial charge in [0, 0.05) is 18.3 Å². The summed E-state index contributed by atoms with van der Waals surface area (Å²) in [5.41, 5.74) is 4.01. The van der Waals surface area contributed by atoms with E-state index in [1.54, 1.807) is 0 Å². The van der Waals surface area contributed by atoms with Gasteiger partial charge in [-0.1, -0.05) is 31.7 Å². The Hall–Kier alpha value is -2.80. The van der Waals surface area contributed by atoms with E-state index in [2.05, 4.69) is 35.4 Å². The van der Waals surface area contributed by atoms with Gasteiger partial charge in [-0.3, -0.25) is 4.79 Å². The summed E-state index contributed by atoms with van der Waals surface area (Å²) in [6.07, 6.45) is 0. The van der Waals surface area contributed by atoms with Crippen molar-refractivity contribution in [3.63, 3.8) is 0 Å². The van der Waals surface area contributed by atoms with Gasteiger partial charge in [0.25, 0.3) is 0 Å². The molecule has 1 aromatic heterocycles. The molecule has 3 rings (SSSR count). The summed E-state index contributed by atoms with van der Waals surface area (Å²) in [5.74, 6) is 2.27. The molecule has 30 heavy (non-hydrogen) atoms. The number of rotatable bonds is 8. The molecule has 0 unspecified atom stereocenters. The first kappa shape index (κ1) is 21.9. The van der Waals surface area contributed by atoms with Gasteiger partial charge in [-0.2, -0.15) is 0 Å². The van der Waals surface area contributed by atoms with E-state index in [1.807, 2.05) is 61.9 Å². The molecule has 1 N–H and O–H groups in total. The summed E-state index contributed by atoms with van der Waals surface area (Å²) in [6.45, 7) is 8.96. The summed E-state index contributed by atoms with van der Waals surface area (Å²) < 4.78 is 7.63. The maximum atomic E-state index is 12.3. The normalized spacial score (nSPS) is 11.0. The van der Waals surface area contributed by atoms with Gasteiger partial charge in [-0.15, -0.1) is 10.2 Å². The van der Waals surface area contributed by atoms with Crippen LogP contribution in [0.15, 0.2) is 47.6 Å². The molecule has 0 fully saturated rings. The Morgan fingerprint density at radius 3 is 2.40 bits per heavy atom. The van der Waals surface area contributed by atoms with Crippen molar-refractivity contribution >= 4 is 23.4 Å². The van der Waals surface area contributed by atoms with E-state index in [1.165, 1.54) is 11.8 Å². The van der Waals surface area contributed by atoms with Crippen molar-refractivity contribution in [2.24, 2.45) is 13.0 Å². The molecule has 0 aliphatic heterocycles. The number of thioether (sulfide) groups is 1. The second-order valence-electron chi connectivity index (χ2n) is 7.81. The highest BCUT2D eigenvalue weighted by Crippen LogP contribution is 2.25. The molecule has 0 aliphatic carbocycles. The van der Waals surface area contributed by atoms with E-state index in [4.69, 9.17) is 4.74 Å². The van der Waals surface area contributed by atoms with Crippen LogP contribution >= 0.6 is 11.8 Å². The van der Waals surface area contributed by atoms with Crippen LogP contribution in [0.5, 0.6) is 5.75 Å². The molecule has 3 aromatic rings. The second-order valence-corrected chi connectivity index (χ2v) is 8.75. The van der Waals surface area contributed by atoms with Crippen LogP contribution in [0.25, 0.3) is 11.4 Å². The molecular weight excluding hydrogens is 396 g/mol. The van der Waals surface area contributed by atoms with Crippen LogP contribution in [0, 0.1) is 19.8 Å². The Balaban J connectivity index is 1.60. The number of aryl methyl sites for hydroxylation is 2. The Kier molecular flexibility index (Phi) is 7.15.